The van der Waals surface area contributed by atoms with Gasteiger partial charge in [-0.1, -0.05) is 38.1 Å². The van der Waals surface area contributed by atoms with Crippen LogP contribution < -0.4 is 5.32 Å². The molecule has 1 unspecified atom stereocenters. The van der Waals surface area contributed by atoms with E-state index in [4.69, 9.17) is 4.52 Å². The fourth-order valence-corrected chi connectivity index (χ4v) is 3.14. The van der Waals surface area contributed by atoms with Crippen LogP contribution in [0, 0.1) is 12.7 Å². The lowest BCUT2D eigenvalue weighted by Gasteiger charge is -2.35. The summed E-state index contributed by atoms with van der Waals surface area (Å²) in [6, 6.07) is 4.79. The maximum Gasteiger partial charge on any atom is 0.260 e. The molecule has 2 heterocycles. The van der Waals surface area contributed by atoms with E-state index in [-0.39, 0.29) is 17.2 Å². The topological polar surface area (TPSA) is 75.4 Å². The summed E-state index contributed by atoms with van der Waals surface area (Å²) in [6.07, 6.45) is 0. The predicted molar refractivity (Wildman–Crippen MR) is 93.1 cm³/mol. The fraction of sp³-hybridized carbons (Fsp3) is 0.421. The Kier molecular flexibility index (Phi) is 4.56. The minimum absolute atomic E-state index is 0.289. The van der Waals surface area contributed by atoms with Crippen molar-refractivity contribution in [2.24, 2.45) is 0 Å². The molecule has 0 saturated carbocycles. The van der Waals surface area contributed by atoms with Gasteiger partial charge in [-0.15, -0.1) is 0 Å². The summed E-state index contributed by atoms with van der Waals surface area (Å²) in [5.41, 5.74) is 1.12. The van der Waals surface area contributed by atoms with Crippen LogP contribution in [-0.4, -0.2) is 35.0 Å². The van der Waals surface area contributed by atoms with Crippen molar-refractivity contribution < 1.29 is 18.5 Å². The third-order valence-electron chi connectivity index (χ3n) is 4.45. The molecule has 1 saturated heterocycles. The molecule has 26 heavy (non-hydrogen) atoms. The maximum absolute atomic E-state index is 13.3. The molecule has 1 fully saturated rings. The van der Waals surface area contributed by atoms with E-state index in [0.717, 1.165) is 0 Å². The van der Waals surface area contributed by atoms with Crippen molar-refractivity contribution in [2.75, 3.05) is 13.1 Å². The van der Waals surface area contributed by atoms with Gasteiger partial charge < -0.3 is 14.7 Å². The first-order valence-corrected chi connectivity index (χ1v) is 8.51. The number of aryl methyl sites for hydroxylation is 1. The summed E-state index contributed by atoms with van der Waals surface area (Å²) in [7, 11) is 0. The third-order valence-corrected chi connectivity index (χ3v) is 4.45. The van der Waals surface area contributed by atoms with Crippen LogP contribution in [0.4, 0.5) is 4.39 Å². The zero-order valence-corrected chi connectivity index (χ0v) is 15.3. The smallest absolute Gasteiger partial charge is 0.260 e. The highest BCUT2D eigenvalue weighted by molar-refractivity contribution is 6.00. The van der Waals surface area contributed by atoms with Crippen LogP contribution in [0.15, 0.2) is 28.8 Å². The van der Waals surface area contributed by atoms with Gasteiger partial charge in [-0.2, -0.15) is 0 Å². The van der Waals surface area contributed by atoms with Crippen LogP contribution in [0.5, 0.6) is 0 Å². The summed E-state index contributed by atoms with van der Waals surface area (Å²) in [5.74, 6) is -0.572. The van der Waals surface area contributed by atoms with Crippen LogP contribution in [0.2, 0.25) is 0 Å². The monoisotopic (exact) mass is 359 g/mol. The average molecular weight is 359 g/mol. The molecule has 1 atom stereocenters. The second-order valence-corrected chi connectivity index (χ2v) is 7.46. The minimum Gasteiger partial charge on any atom is -0.361 e. The second-order valence-electron chi connectivity index (χ2n) is 7.46. The van der Waals surface area contributed by atoms with Crippen LogP contribution in [0.3, 0.4) is 0 Å². The minimum atomic E-state index is -0.820. The number of benzene rings is 1. The quantitative estimate of drug-likeness (QED) is 0.895. The molecule has 0 spiro atoms. The Hall–Kier alpha value is -2.70. The van der Waals surface area contributed by atoms with E-state index < -0.39 is 11.9 Å². The van der Waals surface area contributed by atoms with Crippen LogP contribution in [-0.2, 0) is 10.2 Å². The zero-order valence-electron chi connectivity index (χ0n) is 15.3. The molecule has 1 aliphatic heterocycles. The number of carbonyl (C=O) groups is 2. The Balaban J connectivity index is 2.03. The number of hydrogen-bond acceptors (Lipinski definition) is 4. The number of amides is 2. The van der Waals surface area contributed by atoms with Gasteiger partial charge in [-0.3, -0.25) is 9.59 Å². The van der Waals surface area contributed by atoms with Crippen molar-refractivity contribution in [1.29, 1.82) is 0 Å². The van der Waals surface area contributed by atoms with Gasteiger partial charge in [0.1, 0.15) is 28.9 Å². The van der Waals surface area contributed by atoms with E-state index in [1.54, 1.807) is 6.92 Å². The Morgan fingerprint density at radius 3 is 2.58 bits per heavy atom. The van der Waals surface area contributed by atoms with Gasteiger partial charge in [0.05, 0.1) is 0 Å². The summed E-state index contributed by atoms with van der Waals surface area (Å²) < 4.78 is 18.5. The number of nitrogens with zero attached hydrogens (tertiary/aromatic N) is 2. The largest absolute Gasteiger partial charge is 0.361 e. The van der Waals surface area contributed by atoms with Gasteiger partial charge in [-0.25, -0.2) is 4.39 Å². The van der Waals surface area contributed by atoms with Gasteiger partial charge in [0.15, 0.2) is 0 Å². The molecule has 138 valence electrons. The summed E-state index contributed by atoms with van der Waals surface area (Å²) in [4.78, 5) is 27.3. The van der Waals surface area contributed by atoms with E-state index in [2.05, 4.69) is 10.5 Å². The Labute approximate surface area is 151 Å². The first-order chi connectivity index (χ1) is 12.2. The van der Waals surface area contributed by atoms with Crippen molar-refractivity contribution in [2.45, 2.75) is 39.2 Å². The molecule has 0 bridgehead atoms. The lowest BCUT2D eigenvalue weighted by Crippen LogP contribution is -2.52. The molecular weight excluding hydrogens is 337 g/mol. The van der Waals surface area contributed by atoms with Gasteiger partial charge >= 0.3 is 0 Å². The molecule has 1 aromatic carbocycles. The first kappa shape index (κ1) is 18.1. The summed E-state index contributed by atoms with van der Waals surface area (Å²) in [6.45, 7) is 8.23. The van der Waals surface area contributed by atoms with E-state index in [1.807, 2.05) is 20.8 Å². The Morgan fingerprint density at radius 1 is 1.31 bits per heavy atom. The molecule has 2 aromatic rings. The highest BCUT2D eigenvalue weighted by Gasteiger charge is 2.38. The van der Waals surface area contributed by atoms with Crippen LogP contribution in [0.25, 0.3) is 0 Å². The van der Waals surface area contributed by atoms with E-state index in [1.165, 1.54) is 29.2 Å². The molecule has 3 rings (SSSR count). The number of halogens is 1. The molecule has 1 N–H and O–H groups in total. The highest BCUT2D eigenvalue weighted by Crippen LogP contribution is 2.31. The third kappa shape index (κ3) is 3.21. The normalized spacial score (nSPS) is 18.0. The van der Waals surface area contributed by atoms with Crippen molar-refractivity contribution in [3.8, 4) is 0 Å². The number of rotatable bonds is 2. The van der Waals surface area contributed by atoms with Gasteiger partial charge in [0, 0.05) is 18.5 Å². The van der Waals surface area contributed by atoms with E-state index >= 15 is 0 Å². The highest BCUT2D eigenvalue weighted by atomic mass is 19.1. The fourth-order valence-electron chi connectivity index (χ4n) is 3.14. The molecule has 1 aliphatic rings. The number of nitrogens with one attached hydrogen (secondary N) is 1. The second kappa shape index (κ2) is 6.55. The molecule has 6 nitrogen and oxygen atoms in total. The SMILES string of the molecule is Cc1onc(C(C)(C)C)c1C(=O)N1CCNC(=O)C1c1ccc(F)cc1. The van der Waals surface area contributed by atoms with Gasteiger partial charge in [-0.05, 0) is 24.6 Å². The first-order valence-electron chi connectivity index (χ1n) is 8.51. The molecule has 0 radical (unpaired) electrons. The molecule has 7 heteroatoms. The van der Waals surface area contributed by atoms with Crippen LogP contribution in [0.1, 0.15) is 54.2 Å². The van der Waals surface area contributed by atoms with Gasteiger partial charge in [0.2, 0.25) is 5.91 Å². The van der Waals surface area contributed by atoms with Crippen molar-refractivity contribution in [3.63, 3.8) is 0 Å². The Morgan fingerprint density at radius 2 is 1.96 bits per heavy atom. The zero-order chi connectivity index (χ0) is 19.1. The van der Waals surface area contributed by atoms with E-state index in [9.17, 15) is 14.0 Å². The number of aromatic nitrogens is 1. The molecule has 1 aromatic heterocycles. The number of carbonyl (C=O) groups excluding carboxylic acids is 2. The van der Waals surface area contributed by atoms with Gasteiger partial charge in [0.25, 0.3) is 5.91 Å². The van der Waals surface area contributed by atoms with Crippen molar-refractivity contribution in [3.05, 3.63) is 52.7 Å². The summed E-state index contributed by atoms with van der Waals surface area (Å²) >= 11 is 0. The molecular formula is C19H22FN3O3. The lowest BCUT2D eigenvalue weighted by molar-refractivity contribution is -0.128. The Bertz CT molecular complexity index is 837. The molecule has 0 aliphatic carbocycles. The maximum atomic E-state index is 13.3. The molecule has 2 amide bonds. The predicted octanol–water partition coefficient (Wildman–Crippen LogP) is 2.73. The van der Waals surface area contributed by atoms with E-state index in [0.29, 0.717) is 35.7 Å². The summed E-state index contributed by atoms with van der Waals surface area (Å²) in [5, 5.41) is 6.83. The standard InChI is InChI=1S/C19H22FN3O3/c1-11-14(16(22-26-11)19(2,3)4)18(25)23-10-9-21-17(24)15(23)12-5-7-13(20)8-6-12/h5-8,15H,9-10H2,1-4H3,(H,21,24). The average Bonchev–Trinajstić information content (AvgIpc) is 2.97. The number of hydrogen-bond donors (Lipinski definition) is 1. The van der Waals surface area contributed by atoms with Crippen molar-refractivity contribution >= 4 is 11.8 Å². The number of piperazine rings is 1. The lowest BCUT2D eigenvalue weighted by atomic mass is 9.88. The van der Waals surface area contributed by atoms with Crippen LogP contribution >= 0.6 is 0 Å². The van der Waals surface area contributed by atoms with Crippen molar-refractivity contribution in [1.82, 2.24) is 15.4 Å².